The molecule has 4 nitrogen and oxygen atoms in total. The van der Waals surface area contributed by atoms with Crippen molar-refractivity contribution in [1.29, 1.82) is 0 Å². The van der Waals surface area contributed by atoms with E-state index >= 15 is 0 Å². The molecule has 3 rings (SSSR count). The Bertz CT molecular complexity index is 731. The maximum Gasteiger partial charge on any atom is 0.267 e. The van der Waals surface area contributed by atoms with Crippen molar-refractivity contribution in [2.24, 2.45) is 0 Å². The minimum atomic E-state index is -0.0878. The molecule has 0 spiro atoms. The molecule has 5 heteroatoms. The highest BCUT2D eigenvalue weighted by Crippen LogP contribution is 2.26. The maximum atomic E-state index is 12.3. The molecule has 0 aliphatic carbocycles. The number of carbonyl (C=O) groups excluding carboxylic acids is 1. The summed E-state index contributed by atoms with van der Waals surface area (Å²) in [5, 5.41) is 15.3. The third kappa shape index (κ3) is 3.81. The second kappa shape index (κ2) is 7.44. The molecule has 120 valence electrons. The molecule has 0 aliphatic rings. The number of benzene rings is 1. The molecule has 0 radical (unpaired) electrons. The number of para-hydroxylation sites is 1. The van der Waals surface area contributed by atoms with Crippen LogP contribution in [-0.2, 0) is 0 Å². The van der Waals surface area contributed by atoms with Gasteiger partial charge in [0.15, 0.2) is 0 Å². The normalized spacial score (nSPS) is 12.4. The van der Waals surface area contributed by atoms with E-state index < -0.39 is 0 Å². The highest BCUT2D eigenvalue weighted by atomic mass is 32.1. The largest absolute Gasteiger partial charge is 0.396 e. The summed E-state index contributed by atoms with van der Waals surface area (Å²) in [5.41, 5.74) is 1.55. The predicted molar refractivity (Wildman–Crippen MR) is 94.0 cm³/mol. The second-order valence-corrected chi connectivity index (χ2v) is 6.52. The Morgan fingerprint density at radius 3 is 2.83 bits per heavy atom. The summed E-state index contributed by atoms with van der Waals surface area (Å²) < 4.78 is 0. The molecule has 1 atom stereocenters. The molecule has 2 aromatic heterocycles. The van der Waals surface area contributed by atoms with E-state index in [-0.39, 0.29) is 12.5 Å². The van der Waals surface area contributed by atoms with Crippen molar-refractivity contribution in [3.8, 4) is 0 Å². The number of thiophene rings is 1. The predicted octanol–water partition coefficient (Wildman–Crippen LogP) is 3.52. The molecule has 0 bridgehead atoms. The van der Waals surface area contributed by atoms with Crippen molar-refractivity contribution in [3.05, 3.63) is 58.4 Å². The molecule has 0 saturated carbocycles. The summed E-state index contributed by atoms with van der Waals surface area (Å²) in [7, 11) is 0. The van der Waals surface area contributed by atoms with E-state index in [4.69, 9.17) is 0 Å². The first kappa shape index (κ1) is 15.8. The molecule has 0 saturated heterocycles. The smallest absolute Gasteiger partial charge is 0.267 e. The summed E-state index contributed by atoms with van der Waals surface area (Å²) in [6, 6.07) is 13.8. The van der Waals surface area contributed by atoms with Crippen LogP contribution in [0.1, 0.15) is 34.1 Å². The molecule has 3 aromatic rings. The van der Waals surface area contributed by atoms with E-state index in [1.165, 1.54) is 4.88 Å². The standard InChI is InChI=1S/C18H20N2O2S/c21-10-8-13(17-6-3-11-23-17)7-9-19-18(22)16-12-14-4-1-2-5-15(14)20-16/h1-6,11-13,20-21H,7-10H2,(H,19,22)/t13-/m1/s1. The number of aliphatic hydroxyl groups excluding tert-OH is 1. The van der Waals surface area contributed by atoms with Crippen LogP contribution in [0.25, 0.3) is 10.9 Å². The fourth-order valence-electron chi connectivity index (χ4n) is 2.76. The summed E-state index contributed by atoms with van der Waals surface area (Å²) >= 11 is 1.70. The number of H-pyrrole nitrogens is 1. The third-order valence-corrected chi connectivity index (χ3v) is 5.01. The summed E-state index contributed by atoms with van der Waals surface area (Å²) in [6.07, 6.45) is 1.55. The van der Waals surface area contributed by atoms with Gasteiger partial charge in [-0.25, -0.2) is 0 Å². The summed E-state index contributed by atoms with van der Waals surface area (Å²) in [6.45, 7) is 0.759. The molecular weight excluding hydrogens is 308 g/mol. The highest BCUT2D eigenvalue weighted by Gasteiger charge is 2.14. The van der Waals surface area contributed by atoms with Crippen molar-refractivity contribution < 1.29 is 9.90 Å². The molecule has 1 aromatic carbocycles. The number of carbonyl (C=O) groups is 1. The molecule has 0 fully saturated rings. The minimum Gasteiger partial charge on any atom is -0.396 e. The molecule has 3 N–H and O–H groups in total. The van der Waals surface area contributed by atoms with Crippen LogP contribution >= 0.6 is 11.3 Å². The first-order chi connectivity index (χ1) is 11.3. The van der Waals surface area contributed by atoms with Crippen molar-refractivity contribution >= 4 is 28.1 Å². The number of aromatic nitrogens is 1. The van der Waals surface area contributed by atoms with E-state index in [9.17, 15) is 9.90 Å². The average molecular weight is 328 g/mol. The Hall–Kier alpha value is -2.11. The van der Waals surface area contributed by atoms with Gasteiger partial charge in [-0.2, -0.15) is 0 Å². The summed E-state index contributed by atoms with van der Waals surface area (Å²) in [5.74, 6) is 0.207. The number of rotatable bonds is 7. The van der Waals surface area contributed by atoms with Gasteiger partial charge in [-0.15, -0.1) is 11.3 Å². The van der Waals surface area contributed by atoms with Gasteiger partial charge in [0.1, 0.15) is 5.69 Å². The Kier molecular flexibility index (Phi) is 5.10. The van der Waals surface area contributed by atoms with Gasteiger partial charge in [0.25, 0.3) is 5.91 Å². The van der Waals surface area contributed by atoms with Crippen molar-refractivity contribution in [2.75, 3.05) is 13.2 Å². The van der Waals surface area contributed by atoms with E-state index in [1.807, 2.05) is 41.8 Å². The van der Waals surface area contributed by atoms with Crippen LogP contribution in [0, 0.1) is 0 Å². The monoisotopic (exact) mass is 328 g/mol. The zero-order valence-corrected chi connectivity index (χ0v) is 13.6. The number of hydrogen-bond acceptors (Lipinski definition) is 3. The first-order valence-corrected chi connectivity index (χ1v) is 8.66. The summed E-state index contributed by atoms with van der Waals surface area (Å²) in [4.78, 5) is 16.7. The van der Waals surface area contributed by atoms with E-state index in [2.05, 4.69) is 16.4 Å². The Balaban J connectivity index is 1.57. The van der Waals surface area contributed by atoms with Crippen LogP contribution in [0.15, 0.2) is 47.8 Å². The Labute approximate surface area is 139 Å². The lowest BCUT2D eigenvalue weighted by molar-refractivity contribution is 0.0948. The Morgan fingerprint density at radius 2 is 2.09 bits per heavy atom. The molecule has 23 heavy (non-hydrogen) atoms. The van der Waals surface area contributed by atoms with Gasteiger partial charge >= 0.3 is 0 Å². The van der Waals surface area contributed by atoms with Gasteiger partial charge in [-0.3, -0.25) is 4.79 Å². The van der Waals surface area contributed by atoms with Crippen LogP contribution in [-0.4, -0.2) is 29.1 Å². The maximum absolute atomic E-state index is 12.3. The highest BCUT2D eigenvalue weighted by molar-refractivity contribution is 7.10. The molecule has 0 aliphatic heterocycles. The van der Waals surface area contributed by atoms with Crippen LogP contribution in [0.2, 0.25) is 0 Å². The molecule has 0 unspecified atom stereocenters. The van der Waals surface area contributed by atoms with Gasteiger partial charge < -0.3 is 15.4 Å². The number of aromatic amines is 1. The zero-order valence-electron chi connectivity index (χ0n) is 12.8. The number of fused-ring (bicyclic) bond motifs is 1. The van der Waals surface area contributed by atoms with Crippen molar-refractivity contribution in [3.63, 3.8) is 0 Å². The fraction of sp³-hybridized carbons (Fsp3) is 0.278. The van der Waals surface area contributed by atoms with Gasteiger partial charge in [0.2, 0.25) is 0 Å². The second-order valence-electron chi connectivity index (χ2n) is 5.54. The molecule has 2 heterocycles. The quantitative estimate of drug-likeness (QED) is 0.621. The lowest BCUT2D eigenvalue weighted by atomic mass is 10.00. The SMILES string of the molecule is O=C(NCC[C@H](CCO)c1cccs1)c1cc2ccccc2[nH]1. The number of hydrogen-bond donors (Lipinski definition) is 3. The zero-order chi connectivity index (χ0) is 16.1. The van der Waals surface area contributed by atoms with E-state index in [1.54, 1.807) is 11.3 Å². The topological polar surface area (TPSA) is 65.1 Å². The van der Waals surface area contributed by atoms with Gasteiger partial charge in [-0.1, -0.05) is 24.3 Å². The minimum absolute atomic E-state index is 0.0878. The van der Waals surface area contributed by atoms with Gasteiger partial charge in [-0.05, 0) is 42.3 Å². The average Bonchev–Trinajstić information content (AvgIpc) is 3.23. The van der Waals surface area contributed by atoms with Gasteiger partial charge in [0, 0.05) is 28.9 Å². The molecule has 1 amide bonds. The number of amides is 1. The van der Waals surface area contributed by atoms with Crippen molar-refractivity contribution in [2.45, 2.75) is 18.8 Å². The van der Waals surface area contributed by atoms with Crippen LogP contribution < -0.4 is 5.32 Å². The van der Waals surface area contributed by atoms with E-state index in [0.29, 0.717) is 18.2 Å². The Morgan fingerprint density at radius 1 is 1.22 bits per heavy atom. The fourth-order valence-corrected chi connectivity index (χ4v) is 3.66. The number of aliphatic hydroxyl groups is 1. The number of nitrogens with one attached hydrogen (secondary N) is 2. The third-order valence-electron chi connectivity index (χ3n) is 3.98. The van der Waals surface area contributed by atoms with Crippen LogP contribution in [0.5, 0.6) is 0 Å². The van der Waals surface area contributed by atoms with Gasteiger partial charge in [0.05, 0.1) is 0 Å². The van der Waals surface area contributed by atoms with Crippen molar-refractivity contribution in [1.82, 2.24) is 10.3 Å². The van der Waals surface area contributed by atoms with Crippen LogP contribution in [0.3, 0.4) is 0 Å². The van der Waals surface area contributed by atoms with E-state index in [0.717, 1.165) is 23.7 Å². The first-order valence-electron chi connectivity index (χ1n) is 7.78. The lowest BCUT2D eigenvalue weighted by Gasteiger charge is -2.14. The lowest BCUT2D eigenvalue weighted by Crippen LogP contribution is -2.26. The molecular formula is C18H20N2O2S. The van der Waals surface area contributed by atoms with Crippen LogP contribution in [0.4, 0.5) is 0 Å².